The Kier molecular flexibility index (Phi) is 6.45. The molecule has 1 heterocycles. The van der Waals surface area contributed by atoms with E-state index in [-0.39, 0.29) is 21.9 Å². The molecule has 34 heavy (non-hydrogen) atoms. The summed E-state index contributed by atoms with van der Waals surface area (Å²) in [4.78, 5) is 25.4. The van der Waals surface area contributed by atoms with Crippen molar-refractivity contribution in [1.82, 2.24) is 0 Å². The Balaban J connectivity index is 1.88. The second-order valence-electron chi connectivity index (χ2n) is 7.11. The van der Waals surface area contributed by atoms with Gasteiger partial charge in [-0.3, -0.25) is 0 Å². The zero-order valence-electron chi connectivity index (χ0n) is 18.0. The first-order valence-corrected chi connectivity index (χ1v) is 12.1. The SMILES string of the molecule is COC(=O)c1c(C)oc2ccc(N(C(=O)Oc3ccccc3)S(=O)(=O)c3ccc(Br)cc3)cc12. The number of carbonyl (C=O) groups excluding carboxylic acids is 2. The van der Waals surface area contributed by atoms with Crippen molar-refractivity contribution < 1.29 is 31.9 Å². The van der Waals surface area contributed by atoms with Crippen LogP contribution in [0.15, 0.2) is 86.6 Å². The molecule has 0 saturated carbocycles. The van der Waals surface area contributed by atoms with E-state index in [0.29, 0.717) is 25.5 Å². The van der Waals surface area contributed by atoms with Crippen LogP contribution in [0, 0.1) is 6.92 Å². The van der Waals surface area contributed by atoms with Gasteiger partial charge in [0, 0.05) is 9.86 Å². The van der Waals surface area contributed by atoms with Crippen LogP contribution in [0.5, 0.6) is 5.75 Å². The molecule has 0 atom stereocenters. The summed E-state index contributed by atoms with van der Waals surface area (Å²) >= 11 is 3.27. The van der Waals surface area contributed by atoms with E-state index in [4.69, 9.17) is 13.9 Å². The fourth-order valence-corrected chi connectivity index (χ4v) is 4.95. The fraction of sp³-hybridized carbons (Fsp3) is 0.0833. The molecule has 10 heteroatoms. The number of benzene rings is 3. The molecule has 4 rings (SSSR count). The number of amides is 1. The molecule has 0 saturated heterocycles. The highest BCUT2D eigenvalue weighted by Gasteiger charge is 2.34. The number of carbonyl (C=O) groups is 2. The molecule has 4 aromatic rings. The minimum absolute atomic E-state index is 0.0395. The van der Waals surface area contributed by atoms with Crippen molar-refractivity contribution in [2.75, 3.05) is 11.4 Å². The molecule has 8 nitrogen and oxygen atoms in total. The zero-order valence-corrected chi connectivity index (χ0v) is 20.4. The molecule has 0 aliphatic carbocycles. The predicted molar refractivity (Wildman–Crippen MR) is 129 cm³/mol. The number of rotatable bonds is 5. The standard InChI is InChI=1S/C24H18BrNO7S/c1-15-22(23(27)31-2)20-14-17(10-13-21(20)32-15)26(24(28)33-18-6-4-3-5-7-18)34(29,30)19-11-8-16(25)9-12-19/h3-14H,1-2H3. The lowest BCUT2D eigenvalue weighted by Crippen LogP contribution is -2.39. The Labute approximate surface area is 203 Å². The molecule has 0 aliphatic heterocycles. The number of halogens is 1. The van der Waals surface area contributed by atoms with Gasteiger partial charge in [0.1, 0.15) is 22.7 Å². The van der Waals surface area contributed by atoms with Gasteiger partial charge in [-0.2, -0.15) is 4.31 Å². The summed E-state index contributed by atoms with van der Waals surface area (Å²) in [6.45, 7) is 1.59. The van der Waals surface area contributed by atoms with Crippen LogP contribution in [0.4, 0.5) is 10.5 Å². The van der Waals surface area contributed by atoms with Gasteiger partial charge in [0.25, 0.3) is 10.0 Å². The number of nitrogens with zero attached hydrogens (tertiary/aromatic N) is 1. The largest absolute Gasteiger partial charge is 0.465 e. The number of furan rings is 1. The number of methoxy groups -OCH3 is 1. The summed E-state index contributed by atoms with van der Waals surface area (Å²) in [5.74, 6) is -0.185. The fourth-order valence-electron chi connectivity index (χ4n) is 3.38. The van der Waals surface area contributed by atoms with Gasteiger partial charge in [0.05, 0.1) is 17.7 Å². The topological polar surface area (TPSA) is 103 Å². The molecular formula is C24H18BrNO7S. The van der Waals surface area contributed by atoms with Crippen LogP contribution >= 0.6 is 15.9 Å². The van der Waals surface area contributed by atoms with Gasteiger partial charge < -0.3 is 13.9 Å². The quantitative estimate of drug-likeness (QED) is 0.298. The highest BCUT2D eigenvalue weighted by atomic mass is 79.9. The van der Waals surface area contributed by atoms with E-state index in [2.05, 4.69) is 15.9 Å². The third kappa shape index (κ3) is 4.42. The van der Waals surface area contributed by atoms with Crippen molar-refractivity contribution >= 4 is 54.7 Å². The lowest BCUT2D eigenvalue weighted by molar-refractivity contribution is 0.0600. The summed E-state index contributed by atoms with van der Waals surface area (Å²) in [6, 6.07) is 18.2. The number of hydrogen-bond donors (Lipinski definition) is 0. The molecule has 1 aromatic heterocycles. The lowest BCUT2D eigenvalue weighted by Gasteiger charge is -2.22. The third-order valence-electron chi connectivity index (χ3n) is 4.94. The van der Waals surface area contributed by atoms with Crippen molar-refractivity contribution in [2.45, 2.75) is 11.8 Å². The molecule has 0 fully saturated rings. The number of para-hydroxylation sites is 1. The Bertz CT molecular complexity index is 1480. The molecular weight excluding hydrogens is 526 g/mol. The Morgan fingerprint density at radius 1 is 0.971 bits per heavy atom. The number of sulfonamides is 1. The van der Waals surface area contributed by atoms with E-state index in [9.17, 15) is 18.0 Å². The van der Waals surface area contributed by atoms with Gasteiger partial charge in [0.15, 0.2) is 0 Å². The van der Waals surface area contributed by atoms with Crippen LogP contribution in [0.25, 0.3) is 11.0 Å². The second kappa shape index (κ2) is 9.32. The second-order valence-corrected chi connectivity index (χ2v) is 9.81. The Morgan fingerprint density at radius 3 is 2.29 bits per heavy atom. The summed E-state index contributed by atoms with van der Waals surface area (Å²) in [6.07, 6.45) is -1.15. The van der Waals surface area contributed by atoms with Crippen molar-refractivity contribution in [1.29, 1.82) is 0 Å². The minimum atomic E-state index is -4.40. The first-order valence-electron chi connectivity index (χ1n) is 9.91. The van der Waals surface area contributed by atoms with Crippen LogP contribution in [0.3, 0.4) is 0 Å². The van der Waals surface area contributed by atoms with Gasteiger partial charge in [-0.25, -0.2) is 18.0 Å². The molecule has 174 valence electrons. The number of ether oxygens (including phenoxy) is 2. The van der Waals surface area contributed by atoms with Crippen molar-refractivity contribution in [3.05, 3.63) is 88.6 Å². The van der Waals surface area contributed by atoms with Gasteiger partial charge in [0.2, 0.25) is 0 Å². The van der Waals surface area contributed by atoms with E-state index >= 15 is 0 Å². The lowest BCUT2D eigenvalue weighted by atomic mass is 10.1. The molecule has 0 spiro atoms. The molecule has 0 bridgehead atoms. The maximum Gasteiger partial charge on any atom is 0.434 e. The molecule has 0 aliphatic rings. The van der Waals surface area contributed by atoms with Crippen molar-refractivity contribution in [2.24, 2.45) is 0 Å². The number of hydrogen-bond acceptors (Lipinski definition) is 7. The van der Waals surface area contributed by atoms with Crippen molar-refractivity contribution in [3.8, 4) is 5.75 Å². The van der Waals surface area contributed by atoms with Gasteiger partial charge in [-0.15, -0.1) is 0 Å². The van der Waals surface area contributed by atoms with E-state index < -0.39 is 22.1 Å². The Hall–Kier alpha value is -3.63. The average Bonchev–Trinajstić information content (AvgIpc) is 3.14. The van der Waals surface area contributed by atoms with Crippen LogP contribution in [-0.2, 0) is 14.8 Å². The number of aryl methyl sites for hydroxylation is 1. The summed E-state index contributed by atoms with van der Waals surface area (Å²) in [5.41, 5.74) is 0.429. The summed E-state index contributed by atoms with van der Waals surface area (Å²) < 4.78 is 44.2. The third-order valence-corrected chi connectivity index (χ3v) is 7.17. The monoisotopic (exact) mass is 543 g/mol. The first-order chi connectivity index (χ1) is 16.2. The zero-order chi connectivity index (χ0) is 24.5. The maximum absolute atomic E-state index is 13.6. The molecule has 0 unspecified atom stereocenters. The van der Waals surface area contributed by atoms with E-state index in [1.807, 2.05) is 0 Å². The van der Waals surface area contributed by atoms with Gasteiger partial charge in [-0.05, 0) is 61.5 Å². The van der Waals surface area contributed by atoms with Crippen LogP contribution in [-0.4, -0.2) is 27.6 Å². The molecule has 0 N–H and O–H groups in total. The molecule has 0 radical (unpaired) electrons. The minimum Gasteiger partial charge on any atom is -0.465 e. The highest BCUT2D eigenvalue weighted by molar-refractivity contribution is 9.10. The van der Waals surface area contributed by atoms with Gasteiger partial charge in [-0.1, -0.05) is 34.1 Å². The normalized spacial score (nSPS) is 11.3. The van der Waals surface area contributed by atoms with Crippen LogP contribution in [0.2, 0.25) is 0 Å². The summed E-state index contributed by atoms with van der Waals surface area (Å²) in [5, 5.41) is 0.297. The van der Waals surface area contributed by atoms with E-state index in [0.717, 1.165) is 0 Å². The van der Waals surface area contributed by atoms with E-state index in [1.54, 1.807) is 37.3 Å². The Morgan fingerprint density at radius 2 is 1.65 bits per heavy atom. The molecule has 3 aromatic carbocycles. The number of fused-ring (bicyclic) bond motifs is 1. The van der Waals surface area contributed by atoms with Crippen LogP contribution < -0.4 is 9.04 Å². The smallest absolute Gasteiger partial charge is 0.434 e. The first kappa shape index (κ1) is 23.5. The van der Waals surface area contributed by atoms with E-state index in [1.165, 1.54) is 49.6 Å². The highest BCUT2D eigenvalue weighted by Crippen LogP contribution is 2.33. The van der Waals surface area contributed by atoms with Crippen LogP contribution in [0.1, 0.15) is 16.1 Å². The van der Waals surface area contributed by atoms with Crippen molar-refractivity contribution in [3.63, 3.8) is 0 Å². The van der Waals surface area contributed by atoms with Gasteiger partial charge >= 0.3 is 12.1 Å². The maximum atomic E-state index is 13.6. The average molecular weight is 544 g/mol. The summed E-state index contributed by atoms with van der Waals surface area (Å²) in [7, 11) is -3.17. The number of anilines is 1. The predicted octanol–water partition coefficient (Wildman–Crippen LogP) is 5.68. The molecule has 1 amide bonds. The number of esters is 1.